The molecule has 0 bridgehead atoms. The number of amides is 10. The maximum atomic E-state index is 14.7. The van der Waals surface area contributed by atoms with Gasteiger partial charge in [-0.1, -0.05) is 87.9 Å². The van der Waals surface area contributed by atoms with Gasteiger partial charge < -0.3 is 72.6 Å². The zero-order valence-electron chi connectivity index (χ0n) is 47.1. The molecule has 3 aliphatic rings. The molecule has 0 spiro atoms. The number of aromatic hydroxyl groups is 2. The fourth-order valence-corrected chi connectivity index (χ4v) is 10.6. The number of aromatic nitrogens is 1. The molecule has 0 unspecified atom stereocenters. The Kier molecular flexibility index (Phi) is 22.2. The van der Waals surface area contributed by atoms with E-state index in [2.05, 4.69) is 47.5 Å². The number of carboxylic acids is 1. The number of rotatable bonds is 14. The van der Waals surface area contributed by atoms with Crippen molar-refractivity contribution in [3.63, 3.8) is 0 Å². The number of fused-ring (bicyclic) bond motifs is 2. The second-order valence-electron chi connectivity index (χ2n) is 21.7. The Labute approximate surface area is 485 Å². The quantitative estimate of drug-likeness (QED) is 0.0764. The molecule has 12 N–H and O–H groups in total. The lowest BCUT2D eigenvalue weighted by Crippen LogP contribution is -2.60. The highest BCUT2D eigenvalue weighted by atomic mass is 16.4. The smallest absolute Gasteiger partial charge is 0.305 e. The molecule has 84 heavy (non-hydrogen) atoms. The lowest BCUT2D eigenvalue weighted by molar-refractivity contribution is -0.146. The van der Waals surface area contributed by atoms with Gasteiger partial charge in [-0.15, -0.1) is 0 Å². The van der Waals surface area contributed by atoms with Crippen molar-refractivity contribution in [2.24, 2.45) is 5.92 Å². The number of unbranched alkanes of at least 4 members (excludes halogenated alkanes) is 2. The van der Waals surface area contributed by atoms with Crippen LogP contribution in [0.25, 0.3) is 10.9 Å². The van der Waals surface area contributed by atoms with E-state index in [1.165, 1.54) is 48.3 Å². The Morgan fingerprint density at radius 1 is 0.583 bits per heavy atom. The van der Waals surface area contributed by atoms with Gasteiger partial charge in [0, 0.05) is 50.0 Å². The number of para-hydroxylation sites is 1. The molecule has 2 saturated heterocycles. The lowest BCUT2D eigenvalue weighted by atomic mass is 9.80. The van der Waals surface area contributed by atoms with Crippen LogP contribution in [0.5, 0.6) is 11.5 Å². The molecular formula is C59H75N11O14. The van der Waals surface area contributed by atoms with E-state index in [0.717, 1.165) is 41.5 Å². The van der Waals surface area contributed by atoms with Gasteiger partial charge in [0.1, 0.15) is 53.8 Å². The van der Waals surface area contributed by atoms with Crippen molar-refractivity contribution in [1.29, 1.82) is 0 Å². The summed E-state index contributed by atoms with van der Waals surface area (Å²) < 4.78 is 0. The van der Waals surface area contributed by atoms with E-state index in [-0.39, 0.29) is 62.5 Å². The molecule has 25 nitrogen and oxygen atoms in total. The Morgan fingerprint density at radius 3 is 1.79 bits per heavy atom. The first-order valence-corrected chi connectivity index (χ1v) is 28.5. The molecule has 2 aliphatic heterocycles. The highest BCUT2D eigenvalue weighted by Crippen LogP contribution is 2.32. The van der Waals surface area contributed by atoms with Gasteiger partial charge in [-0.2, -0.15) is 0 Å². The van der Waals surface area contributed by atoms with Crippen LogP contribution in [-0.4, -0.2) is 171 Å². The van der Waals surface area contributed by atoms with E-state index >= 15 is 0 Å². The molecule has 450 valence electrons. The van der Waals surface area contributed by atoms with Gasteiger partial charge >= 0.3 is 5.97 Å². The summed E-state index contributed by atoms with van der Waals surface area (Å²) in [5, 5.41) is 51.7. The number of aliphatic carboxylic acids is 1. The fourth-order valence-electron chi connectivity index (χ4n) is 10.6. The van der Waals surface area contributed by atoms with E-state index in [1.54, 1.807) is 24.4 Å². The zero-order valence-corrected chi connectivity index (χ0v) is 47.1. The van der Waals surface area contributed by atoms with Crippen LogP contribution in [-0.2, 0) is 72.0 Å². The van der Waals surface area contributed by atoms with Gasteiger partial charge in [-0.05, 0) is 78.6 Å². The van der Waals surface area contributed by atoms with Gasteiger partial charge in [0.2, 0.25) is 59.1 Å². The summed E-state index contributed by atoms with van der Waals surface area (Å²) in [5.41, 5.74) is 2.27. The Bertz CT molecular complexity index is 3040. The van der Waals surface area contributed by atoms with E-state index in [9.17, 15) is 68.1 Å². The van der Waals surface area contributed by atoms with Crippen LogP contribution in [0.4, 0.5) is 0 Å². The minimum atomic E-state index is -1.77. The van der Waals surface area contributed by atoms with Gasteiger partial charge in [0.05, 0.1) is 26.1 Å². The van der Waals surface area contributed by atoms with Gasteiger partial charge in [-0.3, -0.25) is 52.7 Å². The molecule has 4 aromatic rings. The summed E-state index contributed by atoms with van der Waals surface area (Å²) in [7, 11) is 1.39. The van der Waals surface area contributed by atoms with E-state index in [4.69, 9.17) is 0 Å². The van der Waals surface area contributed by atoms with Crippen LogP contribution in [0.2, 0.25) is 0 Å². The molecule has 1 aromatic heterocycles. The van der Waals surface area contributed by atoms with Crippen molar-refractivity contribution in [1.82, 2.24) is 57.3 Å². The standard InChI is InChI=1S/C59H75N11O14/c1-3-4-5-14-42-54(79)66-45(28-37-30-60-41-13-7-6-12-40(37)41)53(78)62-32-50(74)64-43(25-35-16-20-38(71)21-17-35)55(80)68-46(29-52(76)77)59(84)70-24-9-15-47(70)57(82)63-31-49(73)61-33-51(75)69(2)48(27-34-10-8-11-34)58(83)67-44(56(81)65-42)26-36-18-22-39(72)23-19-36/h6-7,12-13,16-23,30,34,42-48,60,71-72H,3-5,8-11,14-15,24-29,31-33H2,1-2H3,(H,61,73)(H,62,78)(H,63,82)(H,64,74)(H,65,81)(H,66,79)(H,67,83)(H,68,80)(H,76,77)/t42-,43-,44-,45-,46-,47+,48-/m0/s1. The van der Waals surface area contributed by atoms with Crippen molar-refractivity contribution in [2.75, 3.05) is 33.2 Å². The first kappa shape index (κ1) is 62.6. The molecule has 3 fully saturated rings. The van der Waals surface area contributed by atoms with Crippen LogP contribution in [0.3, 0.4) is 0 Å². The van der Waals surface area contributed by atoms with Crippen molar-refractivity contribution >= 4 is 75.9 Å². The van der Waals surface area contributed by atoms with Crippen molar-refractivity contribution < 1.29 is 68.1 Å². The number of carbonyl (C=O) groups excluding carboxylic acids is 10. The molecule has 7 rings (SSSR count). The Hall–Kier alpha value is -9.03. The maximum absolute atomic E-state index is 14.7. The normalized spacial score (nSPS) is 23.6. The van der Waals surface area contributed by atoms with Crippen LogP contribution in [0.15, 0.2) is 79.0 Å². The summed E-state index contributed by atoms with van der Waals surface area (Å²) in [6.45, 7) is -0.0985. The minimum Gasteiger partial charge on any atom is -0.508 e. The molecular weight excluding hydrogens is 1090 g/mol. The van der Waals surface area contributed by atoms with Gasteiger partial charge in [0.25, 0.3) is 0 Å². The zero-order chi connectivity index (χ0) is 60.5. The van der Waals surface area contributed by atoms with Gasteiger partial charge in [0.15, 0.2) is 0 Å². The number of hydrogen-bond acceptors (Lipinski definition) is 13. The lowest BCUT2D eigenvalue weighted by Gasteiger charge is -2.35. The predicted molar refractivity (Wildman–Crippen MR) is 304 cm³/mol. The molecule has 1 aliphatic carbocycles. The van der Waals surface area contributed by atoms with Crippen LogP contribution < -0.4 is 42.5 Å². The van der Waals surface area contributed by atoms with Crippen LogP contribution >= 0.6 is 0 Å². The number of carboxylic acid groups (broad SMARTS) is 1. The van der Waals surface area contributed by atoms with E-state index in [1.807, 2.05) is 25.1 Å². The van der Waals surface area contributed by atoms with Crippen molar-refractivity contribution in [3.05, 3.63) is 95.7 Å². The summed E-state index contributed by atoms with van der Waals surface area (Å²) in [6.07, 6.45) is 5.23. The SMILES string of the molecule is CCCCC[C@@H]1NC(=O)[C@H](Cc2ccc(O)cc2)NC(=O)[C@H](CC2CCC2)N(C)C(=O)CNC(=O)CNC(=O)[C@H]2CCCN2C(=O)[C@H](CC(=O)O)NC(=O)[C@H](Cc2ccc(O)cc2)NC(=O)CNC(=O)[C@H](Cc2c[nH]c3ccccc23)NC1=O. The minimum absolute atomic E-state index is 0.0254. The number of phenols is 2. The van der Waals surface area contributed by atoms with Crippen molar-refractivity contribution in [3.8, 4) is 11.5 Å². The highest BCUT2D eigenvalue weighted by molar-refractivity contribution is 5.99. The van der Waals surface area contributed by atoms with E-state index < -0.39 is 133 Å². The number of H-pyrrole nitrogens is 1. The predicted octanol–water partition coefficient (Wildman–Crippen LogP) is 0.456. The second-order valence-corrected chi connectivity index (χ2v) is 21.7. The number of hydrogen-bond donors (Lipinski definition) is 12. The first-order chi connectivity index (χ1) is 40.3. The number of likely N-dealkylation sites (N-methyl/N-ethyl adjacent to an activating group) is 1. The maximum Gasteiger partial charge on any atom is 0.305 e. The third-order valence-corrected chi connectivity index (χ3v) is 15.6. The first-order valence-electron chi connectivity index (χ1n) is 28.5. The number of benzene rings is 3. The summed E-state index contributed by atoms with van der Waals surface area (Å²) >= 11 is 0. The second kappa shape index (κ2) is 29.8. The number of nitrogens with one attached hydrogen (secondary N) is 9. The number of carbonyl (C=O) groups is 11. The van der Waals surface area contributed by atoms with Gasteiger partial charge in [-0.25, -0.2) is 0 Å². The molecule has 1 saturated carbocycles. The molecule has 3 heterocycles. The fraction of sp³-hybridized carbons (Fsp3) is 0.475. The third kappa shape index (κ3) is 17.5. The Balaban J connectivity index is 1.23. The van der Waals surface area contributed by atoms with Crippen LogP contribution in [0, 0.1) is 5.92 Å². The molecule has 10 amide bonds. The largest absolute Gasteiger partial charge is 0.508 e. The molecule has 25 heteroatoms. The number of nitrogens with zero attached hydrogens (tertiary/aromatic N) is 2. The van der Waals surface area contributed by atoms with E-state index in [0.29, 0.717) is 36.0 Å². The summed E-state index contributed by atoms with van der Waals surface area (Å²) in [5.74, 6) is -9.83. The number of aromatic amines is 1. The van der Waals surface area contributed by atoms with Crippen LogP contribution in [0.1, 0.15) is 94.2 Å². The third-order valence-electron chi connectivity index (χ3n) is 15.6. The molecule has 3 aromatic carbocycles. The van der Waals surface area contributed by atoms with Crippen molar-refractivity contribution in [2.45, 2.75) is 139 Å². The number of phenolic OH excluding ortho intramolecular Hbond substituents is 2. The molecule has 7 atom stereocenters. The average molecular weight is 1160 g/mol. The monoisotopic (exact) mass is 1160 g/mol. The summed E-state index contributed by atoms with van der Waals surface area (Å²) in [6, 6.07) is 9.10. The Morgan fingerprint density at radius 2 is 1.15 bits per heavy atom. The average Bonchev–Trinajstić information content (AvgIpc) is 4.19. The summed E-state index contributed by atoms with van der Waals surface area (Å²) in [4.78, 5) is 159. The topological polar surface area (TPSA) is 367 Å². The highest BCUT2D eigenvalue weighted by Gasteiger charge is 2.40. The molecule has 0 radical (unpaired) electrons.